The lowest BCUT2D eigenvalue weighted by Crippen LogP contribution is -2.23. The van der Waals surface area contributed by atoms with Gasteiger partial charge in [0.05, 0.1) is 5.69 Å². The number of aromatic nitrogens is 1. The quantitative estimate of drug-likeness (QED) is 0.890. The molecule has 0 atom stereocenters. The number of nitrogens with two attached hydrogens (primary N) is 1. The van der Waals surface area contributed by atoms with E-state index in [4.69, 9.17) is 5.73 Å². The fourth-order valence-electron chi connectivity index (χ4n) is 2.04. The van der Waals surface area contributed by atoms with E-state index in [9.17, 15) is 4.79 Å². The van der Waals surface area contributed by atoms with Crippen LogP contribution >= 0.6 is 12.4 Å². The number of nitrogens with zero attached hydrogens (tertiary/aromatic N) is 1. The first kappa shape index (κ1) is 18.1. The van der Waals surface area contributed by atoms with Crippen molar-refractivity contribution in [3.8, 4) is 0 Å². The zero-order valence-electron chi connectivity index (χ0n) is 12.9. The minimum absolute atomic E-state index is 0. The minimum atomic E-state index is -0.111. The molecule has 0 bridgehead atoms. The third kappa shape index (κ3) is 4.83. The molecule has 0 radical (unpaired) electrons. The van der Waals surface area contributed by atoms with E-state index < -0.39 is 0 Å². The highest BCUT2D eigenvalue weighted by molar-refractivity contribution is 5.94. The second kappa shape index (κ2) is 8.51. The standard InChI is InChI=1S/C17H21N3O.ClH/c1-12(2)14-5-3-13(4-6-14)11-20-17(21)15-7-8-19-16(9-15)10-18;/h3-9,12H,10-11,18H2,1-2H3,(H,20,21);1H. The highest BCUT2D eigenvalue weighted by Crippen LogP contribution is 2.14. The monoisotopic (exact) mass is 319 g/mol. The molecule has 0 unspecified atom stereocenters. The number of benzene rings is 1. The summed E-state index contributed by atoms with van der Waals surface area (Å²) in [4.78, 5) is 16.2. The summed E-state index contributed by atoms with van der Waals surface area (Å²) in [6.45, 7) is 5.17. The minimum Gasteiger partial charge on any atom is -0.348 e. The average molecular weight is 320 g/mol. The zero-order valence-corrected chi connectivity index (χ0v) is 13.7. The molecule has 1 aromatic heterocycles. The van der Waals surface area contributed by atoms with Gasteiger partial charge in [0, 0.05) is 24.8 Å². The molecule has 0 aliphatic carbocycles. The number of amides is 1. The van der Waals surface area contributed by atoms with Crippen molar-refractivity contribution in [3.05, 3.63) is 65.0 Å². The van der Waals surface area contributed by atoms with Crippen LogP contribution in [0.25, 0.3) is 0 Å². The van der Waals surface area contributed by atoms with Crippen molar-refractivity contribution in [2.45, 2.75) is 32.9 Å². The molecule has 0 aliphatic rings. The summed E-state index contributed by atoms with van der Waals surface area (Å²) in [6, 6.07) is 11.7. The van der Waals surface area contributed by atoms with Gasteiger partial charge >= 0.3 is 0 Å². The number of rotatable bonds is 5. The van der Waals surface area contributed by atoms with Crippen molar-refractivity contribution < 1.29 is 4.79 Å². The van der Waals surface area contributed by atoms with E-state index in [1.54, 1.807) is 18.3 Å². The lowest BCUT2D eigenvalue weighted by atomic mass is 10.0. The van der Waals surface area contributed by atoms with E-state index >= 15 is 0 Å². The van der Waals surface area contributed by atoms with E-state index in [1.807, 2.05) is 12.1 Å². The van der Waals surface area contributed by atoms with Gasteiger partial charge in [0.2, 0.25) is 0 Å². The maximum atomic E-state index is 12.1. The maximum Gasteiger partial charge on any atom is 0.251 e. The molecule has 2 aromatic rings. The van der Waals surface area contributed by atoms with Crippen molar-refractivity contribution in [3.63, 3.8) is 0 Å². The summed E-state index contributed by atoms with van der Waals surface area (Å²) in [5, 5.41) is 2.91. The van der Waals surface area contributed by atoms with Gasteiger partial charge in [-0.3, -0.25) is 9.78 Å². The Morgan fingerprint density at radius 1 is 1.23 bits per heavy atom. The molecule has 1 aromatic carbocycles. The normalized spacial score (nSPS) is 10.2. The molecule has 0 saturated heterocycles. The molecule has 0 fully saturated rings. The van der Waals surface area contributed by atoms with E-state index in [2.05, 4.69) is 36.3 Å². The molecule has 4 nitrogen and oxygen atoms in total. The number of halogens is 1. The molecule has 5 heteroatoms. The zero-order chi connectivity index (χ0) is 15.2. The van der Waals surface area contributed by atoms with Crippen LogP contribution in [0.15, 0.2) is 42.6 Å². The van der Waals surface area contributed by atoms with Crippen molar-refractivity contribution in [1.82, 2.24) is 10.3 Å². The molecule has 0 saturated carbocycles. The fourth-order valence-corrected chi connectivity index (χ4v) is 2.04. The van der Waals surface area contributed by atoms with Crippen LogP contribution in [0.2, 0.25) is 0 Å². The van der Waals surface area contributed by atoms with Gasteiger partial charge in [-0.15, -0.1) is 12.4 Å². The van der Waals surface area contributed by atoms with Gasteiger partial charge in [-0.25, -0.2) is 0 Å². The third-order valence-electron chi connectivity index (χ3n) is 3.39. The van der Waals surface area contributed by atoms with Crippen LogP contribution in [0.5, 0.6) is 0 Å². The van der Waals surface area contributed by atoms with Gasteiger partial charge < -0.3 is 11.1 Å². The van der Waals surface area contributed by atoms with Crippen LogP contribution < -0.4 is 11.1 Å². The number of pyridine rings is 1. The Hall–Kier alpha value is -1.91. The predicted molar refractivity (Wildman–Crippen MR) is 91.1 cm³/mol. The molecular weight excluding hydrogens is 298 g/mol. The third-order valence-corrected chi connectivity index (χ3v) is 3.39. The van der Waals surface area contributed by atoms with E-state index in [1.165, 1.54) is 5.56 Å². The second-order valence-corrected chi connectivity index (χ2v) is 5.32. The molecule has 118 valence electrons. The number of carbonyl (C=O) groups excluding carboxylic acids is 1. The number of hydrogen-bond acceptors (Lipinski definition) is 3. The molecule has 2 rings (SSSR count). The molecular formula is C17H22ClN3O. The maximum absolute atomic E-state index is 12.1. The summed E-state index contributed by atoms with van der Waals surface area (Å²) in [6.07, 6.45) is 1.61. The van der Waals surface area contributed by atoms with Crippen LogP contribution in [0.1, 0.15) is 46.9 Å². The van der Waals surface area contributed by atoms with Crippen molar-refractivity contribution in [2.75, 3.05) is 0 Å². The smallest absolute Gasteiger partial charge is 0.251 e. The molecule has 22 heavy (non-hydrogen) atoms. The van der Waals surface area contributed by atoms with Gasteiger partial charge in [-0.1, -0.05) is 38.1 Å². The number of hydrogen-bond donors (Lipinski definition) is 2. The lowest BCUT2D eigenvalue weighted by molar-refractivity contribution is 0.0950. The van der Waals surface area contributed by atoms with Crippen molar-refractivity contribution in [2.24, 2.45) is 5.73 Å². The van der Waals surface area contributed by atoms with Gasteiger partial charge in [0.25, 0.3) is 5.91 Å². The Balaban J connectivity index is 0.00000242. The Bertz CT molecular complexity index is 612. The lowest BCUT2D eigenvalue weighted by Gasteiger charge is -2.08. The Morgan fingerprint density at radius 2 is 1.91 bits per heavy atom. The number of nitrogens with one attached hydrogen (secondary N) is 1. The summed E-state index contributed by atoms with van der Waals surface area (Å²) in [5.41, 5.74) is 9.21. The van der Waals surface area contributed by atoms with Crippen LogP contribution in [0.4, 0.5) is 0 Å². The summed E-state index contributed by atoms with van der Waals surface area (Å²) in [7, 11) is 0. The van der Waals surface area contributed by atoms with Crippen molar-refractivity contribution in [1.29, 1.82) is 0 Å². The molecule has 3 N–H and O–H groups in total. The second-order valence-electron chi connectivity index (χ2n) is 5.32. The van der Waals surface area contributed by atoms with Crippen LogP contribution in [0, 0.1) is 0 Å². The van der Waals surface area contributed by atoms with Gasteiger partial charge in [0.1, 0.15) is 0 Å². The van der Waals surface area contributed by atoms with Gasteiger partial charge in [-0.2, -0.15) is 0 Å². The van der Waals surface area contributed by atoms with Crippen LogP contribution in [-0.4, -0.2) is 10.9 Å². The summed E-state index contributed by atoms with van der Waals surface area (Å²) >= 11 is 0. The van der Waals surface area contributed by atoms with Gasteiger partial charge in [-0.05, 0) is 29.2 Å². The topological polar surface area (TPSA) is 68.0 Å². The summed E-state index contributed by atoms with van der Waals surface area (Å²) < 4.78 is 0. The molecule has 0 aliphatic heterocycles. The number of carbonyl (C=O) groups is 1. The Kier molecular flexibility index (Phi) is 7.02. The molecule has 1 amide bonds. The van der Waals surface area contributed by atoms with Crippen LogP contribution in [0.3, 0.4) is 0 Å². The first-order valence-corrected chi connectivity index (χ1v) is 7.12. The highest BCUT2D eigenvalue weighted by atomic mass is 35.5. The molecule has 0 spiro atoms. The van der Waals surface area contributed by atoms with E-state index in [-0.39, 0.29) is 18.3 Å². The van der Waals surface area contributed by atoms with E-state index in [0.717, 1.165) is 5.56 Å². The first-order chi connectivity index (χ1) is 10.1. The fraction of sp³-hybridized carbons (Fsp3) is 0.294. The summed E-state index contributed by atoms with van der Waals surface area (Å²) in [5.74, 6) is 0.403. The molecule has 1 heterocycles. The SMILES string of the molecule is CC(C)c1ccc(CNC(=O)c2ccnc(CN)c2)cc1.Cl. The highest BCUT2D eigenvalue weighted by Gasteiger charge is 2.06. The largest absolute Gasteiger partial charge is 0.348 e. The van der Waals surface area contributed by atoms with Crippen LogP contribution in [-0.2, 0) is 13.1 Å². The van der Waals surface area contributed by atoms with E-state index in [0.29, 0.717) is 30.3 Å². The first-order valence-electron chi connectivity index (χ1n) is 7.12. The Labute approximate surface area is 137 Å². The predicted octanol–water partition coefficient (Wildman–Crippen LogP) is 3.02. The van der Waals surface area contributed by atoms with Crippen molar-refractivity contribution >= 4 is 18.3 Å². The van der Waals surface area contributed by atoms with Gasteiger partial charge in [0.15, 0.2) is 0 Å². The average Bonchev–Trinajstić information content (AvgIpc) is 2.53. The Morgan fingerprint density at radius 3 is 2.50 bits per heavy atom.